The summed E-state index contributed by atoms with van der Waals surface area (Å²) in [7, 11) is 3.36. The molecular weight excluding hydrogens is 256 g/mol. The van der Waals surface area contributed by atoms with Crippen LogP contribution in [0.1, 0.15) is 16.1 Å². The third-order valence-electron chi connectivity index (χ3n) is 2.94. The van der Waals surface area contributed by atoms with Crippen molar-refractivity contribution in [3.63, 3.8) is 0 Å². The first-order chi connectivity index (χ1) is 9.61. The minimum atomic E-state index is -0.266. The van der Waals surface area contributed by atoms with E-state index in [2.05, 4.69) is 10.4 Å². The number of nitrogens with two attached hydrogens (primary N) is 1. The maximum atomic E-state index is 11.9. The normalized spacial score (nSPS) is 10.3. The molecule has 0 radical (unpaired) electrons. The van der Waals surface area contributed by atoms with Gasteiger partial charge < -0.3 is 15.8 Å². The fourth-order valence-electron chi connectivity index (χ4n) is 1.99. The number of rotatable bonds is 5. The number of methoxy groups -OCH3 is 1. The topological polar surface area (TPSA) is 82.2 Å². The number of benzene rings is 1. The number of amides is 1. The minimum Gasteiger partial charge on any atom is -0.496 e. The van der Waals surface area contributed by atoms with Gasteiger partial charge >= 0.3 is 0 Å². The Morgan fingerprint density at radius 1 is 1.45 bits per heavy atom. The number of aromatic nitrogens is 2. The van der Waals surface area contributed by atoms with E-state index in [0.29, 0.717) is 18.7 Å². The quantitative estimate of drug-likeness (QED) is 0.851. The molecule has 1 aromatic heterocycles. The van der Waals surface area contributed by atoms with Gasteiger partial charge in [-0.15, -0.1) is 0 Å². The van der Waals surface area contributed by atoms with Gasteiger partial charge in [-0.1, -0.05) is 18.2 Å². The van der Waals surface area contributed by atoms with E-state index < -0.39 is 0 Å². The SMILES string of the molecule is COc1ccccc1CCNC(=O)c1nn(C)cc1N. The Kier molecular flexibility index (Phi) is 4.24. The summed E-state index contributed by atoms with van der Waals surface area (Å²) in [5.74, 6) is 0.553. The first-order valence-electron chi connectivity index (χ1n) is 6.31. The number of nitrogens with one attached hydrogen (secondary N) is 1. The molecule has 0 atom stereocenters. The van der Waals surface area contributed by atoms with E-state index in [1.54, 1.807) is 20.4 Å². The first kappa shape index (κ1) is 13.9. The van der Waals surface area contributed by atoms with Gasteiger partial charge in [0.25, 0.3) is 5.91 Å². The predicted molar refractivity (Wildman–Crippen MR) is 76.7 cm³/mol. The van der Waals surface area contributed by atoms with Gasteiger partial charge in [0, 0.05) is 19.8 Å². The average Bonchev–Trinajstić information content (AvgIpc) is 2.78. The number of carbonyl (C=O) groups is 1. The van der Waals surface area contributed by atoms with Crippen LogP contribution in [-0.2, 0) is 13.5 Å². The number of hydrogen-bond donors (Lipinski definition) is 2. The molecule has 0 spiro atoms. The Hall–Kier alpha value is -2.50. The van der Waals surface area contributed by atoms with Gasteiger partial charge in [-0.2, -0.15) is 5.10 Å². The summed E-state index contributed by atoms with van der Waals surface area (Å²) in [6.45, 7) is 0.495. The third kappa shape index (κ3) is 3.09. The lowest BCUT2D eigenvalue weighted by Gasteiger charge is -2.08. The molecule has 0 bridgehead atoms. The molecular formula is C14H18N4O2. The molecule has 106 valence electrons. The van der Waals surface area contributed by atoms with Crippen molar-refractivity contribution in [2.75, 3.05) is 19.4 Å². The van der Waals surface area contributed by atoms with Crippen LogP contribution in [0.3, 0.4) is 0 Å². The smallest absolute Gasteiger partial charge is 0.273 e. The highest BCUT2D eigenvalue weighted by Crippen LogP contribution is 2.17. The first-order valence-corrected chi connectivity index (χ1v) is 6.31. The monoisotopic (exact) mass is 274 g/mol. The zero-order chi connectivity index (χ0) is 14.5. The van der Waals surface area contributed by atoms with Crippen LogP contribution >= 0.6 is 0 Å². The van der Waals surface area contributed by atoms with Crippen LogP contribution in [0.15, 0.2) is 30.5 Å². The van der Waals surface area contributed by atoms with E-state index in [0.717, 1.165) is 11.3 Å². The number of aryl methyl sites for hydroxylation is 1. The standard InChI is InChI=1S/C14H18N4O2/c1-18-9-11(15)13(17-18)14(19)16-8-7-10-5-3-4-6-12(10)20-2/h3-6,9H,7-8,15H2,1-2H3,(H,16,19). The summed E-state index contributed by atoms with van der Waals surface area (Å²) < 4.78 is 6.78. The molecule has 0 aliphatic heterocycles. The van der Waals surface area contributed by atoms with E-state index >= 15 is 0 Å². The van der Waals surface area contributed by atoms with Crippen molar-refractivity contribution in [1.29, 1.82) is 0 Å². The second-order valence-electron chi connectivity index (χ2n) is 4.42. The van der Waals surface area contributed by atoms with Crippen LogP contribution in [0.4, 0.5) is 5.69 Å². The molecule has 2 aromatic rings. The van der Waals surface area contributed by atoms with Crippen LogP contribution in [-0.4, -0.2) is 29.3 Å². The summed E-state index contributed by atoms with van der Waals surface area (Å²) >= 11 is 0. The number of para-hydroxylation sites is 1. The Balaban J connectivity index is 1.93. The van der Waals surface area contributed by atoms with E-state index in [9.17, 15) is 4.79 Å². The lowest BCUT2D eigenvalue weighted by atomic mass is 10.1. The molecule has 1 heterocycles. The maximum Gasteiger partial charge on any atom is 0.273 e. The van der Waals surface area contributed by atoms with E-state index in [1.165, 1.54) is 4.68 Å². The molecule has 0 unspecified atom stereocenters. The van der Waals surface area contributed by atoms with Crippen molar-refractivity contribution < 1.29 is 9.53 Å². The Morgan fingerprint density at radius 3 is 2.85 bits per heavy atom. The number of ether oxygens (including phenoxy) is 1. The van der Waals surface area contributed by atoms with Crippen LogP contribution in [0.5, 0.6) is 5.75 Å². The van der Waals surface area contributed by atoms with Gasteiger partial charge in [0.05, 0.1) is 12.8 Å². The van der Waals surface area contributed by atoms with Crippen molar-refractivity contribution in [1.82, 2.24) is 15.1 Å². The Labute approximate surface area is 117 Å². The number of anilines is 1. The zero-order valence-corrected chi connectivity index (χ0v) is 11.6. The third-order valence-corrected chi connectivity index (χ3v) is 2.94. The van der Waals surface area contributed by atoms with Crippen molar-refractivity contribution in [2.45, 2.75) is 6.42 Å². The average molecular weight is 274 g/mol. The van der Waals surface area contributed by atoms with Gasteiger partial charge in [-0.05, 0) is 18.1 Å². The highest BCUT2D eigenvalue weighted by atomic mass is 16.5. The summed E-state index contributed by atoms with van der Waals surface area (Å²) in [6, 6.07) is 7.72. The molecule has 0 fully saturated rings. The van der Waals surface area contributed by atoms with E-state index in [-0.39, 0.29) is 11.6 Å². The lowest BCUT2D eigenvalue weighted by molar-refractivity contribution is 0.0949. The molecule has 1 aromatic carbocycles. The van der Waals surface area contributed by atoms with Gasteiger partial charge in [0.2, 0.25) is 0 Å². The summed E-state index contributed by atoms with van der Waals surface area (Å²) in [5, 5.41) is 6.83. The Bertz CT molecular complexity index is 607. The van der Waals surface area contributed by atoms with Crippen LogP contribution in [0, 0.1) is 0 Å². The van der Waals surface area contributed by atoms with Crippen molar-refractivity contribution in [3.8, 4) is 5.75 Å². The number of nitrogen functional groups attached to an aromatic ring is 1. The highest BCUT2D eigenvalue weighted by molar-refractivity contribution is 5.96. The lowest BCUT2D eigenvalue weighted by Crippen LogP contribution is -2.27. The van der Waals surface area contributed by atoms with Crippen molar-refractivity contribution in [3.05, 3.63) is 41.7 Å². The van der Waals surface area contributed by atoms with Gasteiger partial charge in [-0.25, -0.2) is 0 Å². The van der Waals surface area contributed by atoms with Crippen LogP contribution in [0.25, 0.3) is 0 Å². The molecule has 6 nitrogen and oxygen atoms in total. The molecule has 1 amide bonds. The second-order valence-corrected chi connectivity index (χ2v) is 4.42. The highest BCUT2D eigenvalue weighted by Gasteiger charge is 2.13. The second kappa shape index (κ2) is 6.10. The Morgan fingerprint density at radius 2 is 2.20 bits per heavy atom. The molecule has 0 aliphatic rings. The number of nitrogens with zero attached hydrogens (tertiary/aromatic N) is 2. The van der Waals surface area contributed by atoms with Gasteiger partial charge in [-0.3, -0.25) is 9.48 Å². The molecule has 0 aliphatic carbocycles. The maximum absolute atomic E-state index is 11.9. The van der Waals surface area contributed by atoms with Crippen molar-refractivity contribution in [2.24, 2.45) is 7.05 Å². The zero-order valence-electron chi connectivity index (χ0n) is 11.6. The molecule has 0 saturated carbocycles. The fraction of sp³-hybridized carbons (Fsp3) is 0.286. The van der Waals surface area contributed by atoms with E-state index in [1.807, 2.05) is 24.3 Å². The fourth-order valence-corrected chi connectivity index (χ4v) is 1.99. The van der Waals surface area contributed by atoms with Crippen LogP contribution < -0.4 is 15.8 Å². The predicted octanol–water partition coefficient (Wildman–Crippen LogP) is 0.983. The molecule has 2 rings (SSSR count). The molecule has 3 N–H and O–H groups in total. The molecule has 20 heavy (non-hydrogen) atoms. The summed E-state index contributed by atoms with van der Waals surface area (Å²) in [4.78, 5) is 11.9. The minimum absolute atomic E-state index is 0.257. The van der Waals surface area contributed by atoms with E-state index in [4.69, 9.17) is 10.5 Å². The summed E-state index contributed by atoms with van der Waals surface area (Å²) in [6.07, 6.45) is 2.29. The molecule has 0 saturated heterocycles. The number of carbonyl (C=O) groups excluding carboxylic acids is 1. The summed E-state index contributed by atoms with van der Waals surface area (Å²) in [5.41, 5.74) is 7.39. The number of hydrogen-bond acceptors (Lipinski definition) is 4. The molecule has 6 heteroatoms. The van der Waals surface area contributed by atoms with Crippen molar-refractivity contribution >= 4 is 11.6 Å². The van der Waals surface area contributed by atoms with Gasteiger partial charge in [0.1, 0.15) is 5.75 Å². The van der Waals surface area contributed by atoms with Gasteiger partial charge in [0.15, 0.2) is 5.69 Å². The van der Waals surface area contributed by atoms with Crippen LogP contribution in [0.2, 0.25) is 0 Å². The largest absolute Gasteiger partial charge is 0.496 e.